The average Bonchev–Trinajstić information content (AvgIpc) is 2.28. The Morgan fingerprint density at radius 1 is 1.24 bits per heavy atom. The quantitative estimate of drug-likeness (QED) is 0.740. The zero-order valence-corrected chi connectivity index (χ0v) is 11.3. The summed E-state index contributed by atoms with van der Waals surface area (Å²) >= 11 is 0. The van der Waals surface area contributed by atoms with Crippen molar-refractivity contribution in [2.24, 2.45) is 5.73 Å². The molecule has 1 heterocycles. The molecule has 3 nitrogen and oxygen atoms in total. The summed E-state index contributed by atoms with van der Waals surface area (Å²) < 4.78 is 5.82. The molecule has 0 aliphatic heterocycles. The van der Waals surface area contributed by atoms with E-state index in [0.717, 1.165) is 35.7 Å². The smallest absolute Gasteiger partial charge is 0.127 e. The molecule has 1 aromatic rings. The summed E-state index contributed by atoms with van der Waals surface area (Å²) in [6, 6.07) is 1.98. The van der Waals surface area contributed by atoms with Crippen LogP contribution in [-0.4, -0.2) is 11.6 Å². The molecular weight excluding hydrogens is 212 g/mol. The molecule has 0 unspecified atom stereocenters. The van der Waals surface area contributed by atoms with Crippen molar-refractivity contribution in [2.45, 2.75) is 53.0 Å². The van der Waals surface area contributed by atoms with Gasteiger partial charge in [-0.05, 0) is 20.3 Å². The Hall–Kier alpha value is -1.09. The number of aryl methyl sites for hydroxylation is 2. The van der Waals surface area contributed by atoms with Gasteiger partial charge in [0.25, 0.3) is 0 Å². The van der Waals surface area contributed by atoms with E-state index in [1.165, 1.54) is 19.3 Å². The fourth-order valence-electron chi connectivity index (χ4n) is 1.91. The van der Waals surface area contributed by atoms with Gasteiger partial charge in [0.2, 0.25) is 0 Å². The zero-order chi connectivity index (χ0) is 12.7. The number of rotatable bonds is 7. The first-order valence-electron chi connectivity index (χ1n) is 6.49. The largest absolute Gasteiger partial charge is 0.493 e. The number of pyridine rings is 1. The molecule has 0 amide bonds. The van der Waals surface area contributed by atoms with E-state index in [9.17, 15) is 0 Å². The third kappa shape index (κ3) is 4.35. The van der Waals surface area contributed by atoms with Gasteiger partial charge in [0, 0.05) is 29.6 Å². The van der Waals surface area contributed by atoms with E-state index in [1.807, 2.05) is 19.9 Å². The van der Waals surface area contributed by atoms with Crippen LogP contribution in [0.25, 0.3) is 0 Å². The first-order chi connectivity index (χ1) is 8.19. The highest BCUT2D eigenvalue weighted by Crippen LogP contribution is 2.22. The number of ether oxygens (including phenoxy) is 1. The van der Waals surface area contributed by atoms with Crippen LogP contribution < -0.4 is 10.5 Å². The number of unbranched alkanes of at least 4 members (excludes halogenated alkanes) is 3. The molecule has 0 aromatic carbocycles. The first kappa shape index (κ1) is 14.0. The minimum absolute atomic E-state index is 0.489. The summed E-state index contributed by atoms with van der Waals surface area (Å²) in [5.41, 5.74) is 8.74. The molecule has 96 valence electrons. The van der Waals surface area contributed by atoms with E-state index in [1.54, 1.807) is 0 Å². The minimum Gasteiger partial charge on any atom is -0.493 e. The Bertz CT molecular complexity index is 350. The van der Waals surface area contributed by atoms with E-state index < -0.39 is 0 Å². The van der Waals surface area contributed by atoms with Crippen LogP contribution in [0.5, 0.6) is 5.75 Å². The van der Waals surface area contributed by atoms with E-state index >= 15 is 0 Å². The van der Waals surface area contributed by atoms with Gasteiger partial charge in [0.05, 0.1) is 6.61 Å². The zero-order valence-electron chi connectivity index (χ0n) is 11.3. The van der Waals surface area contributed by atoms with Gasteiger partial charge < -0.3 is 10.5 Å². The van der Waals surface area contributed by atoms with Crippen LogP contribution in [0.3, 0.4) is 0 Å². The van der Waals surface area contributed by atoms with E-state index in [0.29, 0.717) is 6.54 Å². The van der Waals surface area contributed by atoms with Crippen molar-refractivity contribution in [3.05, 3.63) is 23.0 Å². The molecule has 0 aliphatic rings. The lowest BCUT2D eigenvalue weighted by Crippen LogP contribution is -2.07. The molecule has 0 atom stereocenters. The molecule has 0 radical (unpaired) electrons. The van der Waals surface area contributed by atoms with Crippen molar-refractivity contribution in [1.82, 2.24) is 4.98 Å². The van der Waals surface area contributed by atoms with Crippen LogP contribution in [0.15, 0.2) is 6.07 Å². The van der Waals surface area contributed by atoms with Gasteiger partial charge in [0.15, 0.2) is 0 Å². The van der Waals surface area contributed by atoms with Crippen molar-refractivity contribution >= 4 is 0 Å². The van der Waals surface area contributed by atoms with Gasteiger partial charge in [-0.1, -0.05) is 26.2 Å². The minimum atomic E-state index is 0.489. The van der Waals surface area contributed by atoms with E-state index in [4.69, 9.17) is 10.5 Å². The molecule has 0 saturated carbocycles. The highest BCUT2D eigenvalue weighted by molar-refractivity contribution is 5.37. The topological polar surface area (TPSA) is 48.1 Å². The number of hydrogen-bond donors (Lipinski definition) is 1. The van der Waals surface area contributed by atoms with Crippen LogP contribution in [0, 0.1) is 13.8 Å². The van der Waals surface area contributed by atoms with Crippen LogP contribution >= 0.6 is 0 Å². The second-order valence-electron chi connectivity index (χ2n) is 4.44. The molecule has 0 bridgehead atoms. The molecular formula is C14H24N2O. The van der Waals surface area contributed by atoms with Crippen molar-refractivity contribution in [2.75, 3.05) is 6.61 Å². The number of nitrogens with two attached hydrogens (primary N) is 1. The van der Waals surface area contributed by atoms with Gasteiger partial charge in [0.1, 0.15) is 5.75 Å². The Morgan fingerprint density at radius 2 is 2.00 bits per heavy atom. The third-order valence-corrected chi connectivity index (χ3v) is 2.88. The summed E-state index contributed by atoms with van der Waals surface area (Å²) in [6.07, 6.45) is 4.87. The van der Waals surface area contributed by atoms with Crippen LogP contribution in [0.4, 0.5) is 0 Å². The molecule has 0 aliphatic carbocycles. The predicted octanol–water partition coefficient (Wildman–Crippen LogP) is 3.12. The maximum Gasteiger partial charge on any atom is 0.127 e. The van der Waals surface area contributed by atoms with Crippen LogP contribution in [0.1, 0.15) is 49.6 Å². The van der Waals surface area contributed by atoms with Crippen LogP contribution in [-0.2, 0) is 6.54 Å². The summed E-state index contributed by atoms with van der Waals surface area (Å²) in [5, 5.41) is 0. The van der Waals surface area contributed by atoms with Crippen molar-refractivity contribution in [1.29, 1.82) is 0 Å². The molecule has 0 saturated heterocycles. The lowest BCUT2D eigenvalue weighted by atomic mass is 10.1. The Labute approximate surface area is 104 Å². The van der Waals surface area contributed by atoms with Crippen LogP contribution in [0.2, 0.25) is 0 Å². The molecule has 3 heteroatoms. The monoisotopic (exact) mass is 236 g/mol. The highest BCUT2D eigenvalue weighted by Gasteiger charge is 2.07. The fraction of sp³-hybridized carbons (Fsp3) is 0.643. The molecule has 2 N–H and O–H groups in total. The maximum absolute atomic E-state index is 5.82. The molecule has 0 spiro atoms. The normalized spacial score (nSPS) is 10.6. The summed E-state index contributed by atoms with van der Waals surface area (Å²) in [5.74, 6) is 0.911. The van der Waals surface area contributed by atoms with Crippen molar-refractivity contribution in [3.63, 3.8) is 0 Å². The van der Waals surface area contributed by atoms with Gasteiger partial charge in [-0.2, -0.15) is 0 Å². The van der Waals surface area contributed by atoms with E-state index in [2.05, 4.69) is 11.9 Å². The number of aromatic nitrogens is 1. The number of nitrogens with zero attached hydrogens (tertiary/aromatic N) is 1. The summed E-state index contributed by atoms with van der Waals surface area (Å²) in [6.45, 7) is 7.44. The highest BCUT2D eigenvalue weighted by atomic mass is 16.5. The Balaban J connectivity index is 2.57. The first-order valence-corrected chi connectivity index (χ1v) is 6.49. The second kappa shape index (κ2) is 7.28. The molecule has 0 fully saturated rings. The maximum atomic E-state index is 5.82. The van der Waals surface area contributed by atoms with E-state index in [-0.39, 0.29) is 0 Å². The molecule has 17 heavy (non-hydrogen) atoms. The third-order valence-electron chi connectivity index (χ3n) is 2.88. The van der Waals surface area contributed by atoms with Gasteiger partial charge in [-0.25, -0.2) is 0 Å². The average molecular weight is 236 g/mol. The fourth-order valence-corrected chi connectivity index (χ4v) is 1.91. The SMILES string of the molecule is CCCCCCOc1cc(C)nc(C)c1CN. The summed E-state index contributed by atoms with van der Waals surface area (Å²) in [7, 11) is 0. The predicted molar refractivity (Wildman–Crippen MR) is 71.2 cm³/mol. The Kier molecular flexibility index (Phi) is 5.98. The number of hydrogen-bond acceptors (Lipinski definition) is 3. The van der Waals surface area contributed by atoms with Gasteiger partial charge >= 0.3 is 0 Å². The molecule has 1 aromatic heterocycles. The lowest BCUT2D eigenvalue weighted by Gasteiger charge is -2.13. The second-order valence-corrected chi connectivity index (χ2v) is 4.44. The Morgan fingerprint density at radius 3 is 2.65 bits per heavy atom. The standard InChI is InChI=1S/C14H24N2O/c1-4-5-6-7-8-17-14-9-11(2)16-12(3)13(14)10-15/h9H,4-8,10,15H2,1-3H3. The van der Waals surface area contributed by atoms with Gasteiger partial charge in [-0.3, -0.25) is 4.98 Å². The van der Waals surface area contributed by atoms with Gasteiger partial charge in [-0.15, -0.1) is 0 Å². The summed E-state index contributed by atoms with van der Waals surface area (Å²) in [4.78, 5) is 4.40. The van der Waals surface area contributed by atoms with Crippen molar-refractivity contribution < 1.29 is 4.74 Å². The lowest BCUT2D eigenvalue weighted by molar-refractivity contribution is 0.301. The van der Waals surface area contributed by atoms with Crippen molar-refractivity contribution in [3.8, 4) is 5.75 Å². The molecule has 1 rings (SSSR count).